The fourth-order valence-electron chi connectivity index (χ4n) is 1.88. The van der Waals surface area contributed by atoms with E-state index in [0.717, 1.165) is 12.8 Å². The van der Waals surface area contributed by atoms with Crippen molar-refractivity contribution in [3.8, 4) is 0 Å². The number of hydrogen-bond donors (Lipinski definition) is 1. The van der Waals surface area contributed by atoms with Crippen molar-refractivity contribution in [2.45, 2.75) is 33.1 Å². The summed E-state index contributed by atoms with van der Waals surface area (Å²) < 4.78 is 25.0. The first kappa shape index (κ1) is 12.9. The Kier molecular flexibility index (Phi) is 4.14. The molecule has 1 N–H and O–H groups in total. The summed E-state index contributed by atoms with van der Waals surface area (Å²) in [5.41, 5.74) is -0.140. The van der Waals surface area contributed by atoms with Crippen LogP contribution in [0.25, 0.3) is 0 Å². The second kappa shape index (κ2) is 4.80. The van der Waals surface area contributed by atoms with Crippen LogP contribution in [-0.4, -0.2) is 43.3 Å². The average molecular weight is 235 g/mol. The number of nitrogens with zero attached hydrogens (tertiary/aromatic N) is 1. The Bertz CT molecular complexity index is 298. The first-order valence-corrected chi connectivity index (χ1v) is 7.07. The van der Waals surface area contributed by atoms with E-state index in [0.29, 0.717) is 19.5 Å². The molecule has 1 rings (SSSR count). The third kappa shape index (κ3) is 3.74. The molecule has 0 radical (unpaired) electrons. The highest BCUT2D eigenvalue weighted by Crippen LogP contribution is 2.25. The molecule has 0 atom stereocenters. The molecule has 0 aliphatic carbocycles. The highest BCUT2D eigenvalue weighted by molar-refractivity contribution is 7.89. The van der Waals surface area contributed by atoms with Crippen molar-refractivity contribution in [2.24, 2.45) is 5.41 Å². The lowest BCUT2D eigenvalue weighted by Gasteiger charge is -2.33. The van der Waals surface area contributed by atoms with Crippen molar-refractivity contribution in [3.63, 3.8) is 0 Å². The van der Waals surface area contributed by atoms with Crippen molar-refractivity contribution in [1.29, 1.82) is 0 Å². The zero-order chi connectivity index (χ0) is 11.5. The topological polar surface area (TPSA) is 57.6 Å². The Morgan fingerprint density at radius 2 is 2.00 bits per heavy atom. The summed E-state index contributed by atoms with van der Waals surface area (Å²) in [6.45, 7) is 5.26. The highest BCUT2D eigenvalue weighted by Gasteiger charge is 2.30. The van der Waals surface area contributed by atoms with Crippen molar-refractivity contribution in [1.82, 2.24) is 4.31 Å². The molecule has 0 unspecified atom stereocenters. The van der Waals surface area contributed by atoms with E-state index in [-0.39, 0.29) is 17.8 Å². The van der Waals surface area contributed by atoms with E-state index in [9.17, 15) is 8.42 Å². The van der Waals surface area contributed by atoms with Gasteiger partial charge in [-0.05, 0) is 24.7 Å². The van der Waals surface area contributed by atoms with Gasteiger partial charge in [0.05, 0.1) is 5.75 Å². The number of rotatable bonds is 4. The Balaban J connectivity index is 2.64. The van der Waals surface area contributed by atoms with E-state index in [1.54, 1.807) is 4.31 Å². The van der Waals surface area contributed by atoms with Crippen LogP contribution in [0.2, 0.25) is 0 Å². The second-order valence-corrected chi connectivity index (χ2v) is 7.08. The third-order valence-corrected chi connectivity index (χ3v) is 4.75. The van der Waals surface area contributed by atoms with E-state index in [4.69, 9.17) is 5.11 Å². The minimum absolute atomic E-state index is 0.112. The lowest BCUT2D eigenvalue weighted by molar-refractivity contribution is 0.178. The molecule has 0 amide bonds. The molecule has 0 saturated carbocycles. The molecule has 1 fully saturated rings. The van der Waals surface area contributed by atoms with E-state index < -0.39 is 10.0 Å². The van der Waals surface area contributed by atoms with Gasteiger partial charge in [0.25, 0.3) is 0 Å². The molecule has 0 aromatic heterocycles. The maximum atomic E-state index is 11.7. The van der Waals surface area contributed by atoms with Crippen LogP contribution in [0, 0.1) is 5.41 Å². The molecular weight excluding hydrogens is 214 g/mol. The molecule has 0 bridgehead atoms. The fraction of sp³-hybridized carbons (Fsp3) is 1.00. The van der Waals surface area contributed by atoms with Gasteiger partial charge in [-0.2, -0.15) is 0 Å². The van der Waals surface area contributed by atoms with Gasteiger partial charge in [-0.25, -0.2) is 12.7 Å². The fourth-order valence-corrected chi connectivity index (χ4v) is 3.66. The standard InChI is InChI=1S/C10H21NO3S/c1-10(2,5-7-12)9-11-6-3-4-8-15(11,13)14/h12H,3-9H2,1-2H3. The zero-order valence-electron chi connectivity index (χ0n) is 9.57. The molecule has 5 heteroatoms. The molecule has 1 heterocycles. The van der Waals surface area contributed by atoms with E-state index in [1.165, 1.54) is 0 Å². The van der Waals surface area contributed by atoms with Crippen molar-refractivity contribution in [3.05, 3.63) is 0 Å². The molecule has 0 aromatic carbocycles. The Labute approximate surface area is 92.3 Å². The van der Waals surface area contributed by atoms with Gasteiger partial charge >= 0.3 is 0 Å². The molecule has 4 nitrogen and oxygen atoms in total. The third-order valence-electron chi connectivity index (χ3n) is 2.85. The maximum Gasteiger partial charge on any atom is 0.214 e. The van der Waals surface area contributed by atoms with Crippen LogP contribution < -0.4 is 0 Å². The van der Waals surface area contributed by atoms with Gasteiger partial charge < -0.3 is 5.11 Å². The number of sulfonamides is 1. The number of aliphatic hydroxyl groups excluding tert-OH is 1. The Hall–Kier alpha value is -0.130. The normalized spacial score (nSPS) is 22.9. The van der Waals surface area contributed by atoms with E-state index >= 15 is 0 Å². The van der Waals surface area contributed by atoms with Gasteiger partial charge in [-0.3, -0.25) is 0 Å². The summed E-state index contributed by atoms with van der Waals surface area (Å²) in [6, 6.07) is 0. The maximum absolute atomic E-state index is 11.7. The van der Waals surface area contributed by atoms with Crippen molar-refractivity contribution < 1.29 is 13.5 Å². The smallest absolute Gasteiger partial charge is 0.214 e. The first-order chi connectivity index (χ1) is 6.87. The van der Waals surface area contributed by atoms with Gasteiger partial charge in [-0.15, -0.1) is 0 Å². The molecule has 0 aromatic rings. The molecule has 0 spiro atoms. The summed E-state index contributed by atoms with van der Waals surface area (Å²) in [4.78, 5) is 0. The van der Waals surface area contributed by atoms with Crippen molar-refractivity contribution in [2.75, 3.05) is 25.4 Å². The predicted octanol–water partition coefficient (Wildman–Crippen LogP) is 0.821. The average Bonchev–Trinajstić information content (AvgIpc) is 2.08. The molecule has 1 aliphatic heterocycles. The Morgan fingerprint density at radius 3 is 2.53 bits per heavy atom. The molecular formula is C10H21NO3S. The van der Waals surface area contributed by atoms with Crippen LogP contribution in [0.5, 0.6) is 0 Å². The lowest BCUT2D eigenvalue weighted by atomic mass is 9.90. The summed E-state index contributed by atoms with van der Waals surface area (Å²) in [7, 11) is -3.02. The van der Waals surface area contributed by atoms with Crippen molar-refractivity contribution >= 4 is 10.0 Å². The van der Waals surface area contributed by atoms with E-state index in [2.05, 4.69) is 0 Å². The SMILES string of the molecule is CC(C)(CCO)CN1CCCCS1(=O)=O. The number of aliphatic hydroxyl groups is 1. The van der Waals surface area contributed by atoms with Gasteiger partial charge in [0, 0.05) is 19.7 Å². The summed E-state index contributed by atoms with van der Waals surface area (Å²) in [5.74, 6) is 0.280. The molecule has 1 saturated heterocycles. The van der Waals surface area contributed by atoms with Crippen LogP contribution in [-0.2, 0) is 10.0 Å². The van der Waals surface area contributed by atoms with E-state index in [1.807, 2.05) is 13.8 Å². The van der Waals surface area contributed by atoms with Gasteiger partial charge in [-0.1, -0.05) is 13.8 Å². The minimum atomic E-state index is -3.02. The summed E-state index contributed by atoms with van der Waals surface area (Å²) in [6.07, 6.45) is 2.37. The predicted molar refractivity (Wildman–Crippen MR) is 60.1 cm³/mol. The second-order valence-electron chi connectivity index (χ2n) is 4.99. The summed E-state index contributed by atoms with van der Waals surface area (Å²) >= 11 is 0. The minimum Gasteiger partial charge on any atom is -0.396 e. The zero-order valence-corrected chi connectivity index (χ0v) is 10.4. The van der Waals surface area contributed by atoms with Gasteiger partial charge in [0.15, 0.2) is 0 Å². The van der Waals surface area contributed by atoms with Crippen LogP contribution in [0.1, 0.15) is 33.1 Å². The van der Waals surface area contributed by atoms with Crippen LogP contribution in [0.3, 0.4) is 0 Å². The Morgan fingerprint density at radius 1 is 1.33 bits per heavy atom. The first-order valence-electron chi connectivity index (χ1n) is 5.46. The molecule has 90 valence electrons. The van der Waals surface area contributed by atoms with Crippen LogP contribution in [0.15, 0.2) is 0 Å². The molecule has 1 aliphatic rings. The van der Waals surface area contributed by atoms with Gasteiger partial charge in [0.1, 0.15) is 0 Å². The molecule has 15 heavy (non-hydrogen) atoms. The van der Waals surface area contributed by atoms with Gasteiger partial charge in [0.2, 0.25) is 10.0 Å². The quantitative estimate of drug-likeness (QED) is 0.785. The monoisotopic (exact) mass is 235 g/mol. The van der Waals surface area contributed by atoms with Crippen LogP contribution >= 0.6 is 0 Å². The summed E-state index contributed by atoms with van der Waals surface area (Å²) in [5, 5.41) is 8.89. The number of hydrogen-bond acceptors (Lipinski definition) is 3. The van der Waals surface area contributed by atoms with Crippen LogP contribution in [0.4, 0.5) is 0 Å². The largest absolute Gasteiger partial charge is 0.396 e. The highest BCUT2D eigenvalue weighted by atomic mass is 32.2. The lowest BCUT2D eigenvalue weighted by Crippen LogP contribution is -2.43.